The van der Waals surface area contributed by atoms with Crippen LogP contribution in [0.4, 0.5) is 5.82 Å². The number of piperidine rings is 1. The fourth-order valence-electron chi connectivity index (χ4n) is 4.63. The van der Waals surface area contributed by atoms with Gasteiger partial charge in [0.05, 0.1) is 0 Å². The Hall–Kier alpha value is -1.65. The lowest BCUT2D eigenvalue weighted by Crippen LogP contribution is -2.50. The molecule has 5 heteroatoms. The van der Waals surface area contributed by atoms with Gasteiger partial charge in [-0.2, -0.15) is 14.6 Å². The Balaban J connectivity index is 1.76. The predicted molar refractivity (Wildman–Crippen MR) is 91.7 cm³/mol. The molecular weight excluding hydrogens is 286 g/mol. The molecule has 0 N–H and O–H groups in total. The first-order valence-electron chi connectivity index (χ1n) is 9.24. The Kier molecular flexibility index (Phi) is 3.95. The SMILES string of the molecule is CCCc1cc(N2CC[C@H](C)[C@@H]3CCCC[C@@H]32)n2ncnc2n1. The number of hydrogen-bond donors (Lipinski definition) is 0. The minimum Gasteiger partial charge on any atom is -0.353 e. The third-order valence-electron chi connectivity index (χ3n) is 5.82. The highest BCUT2D eigenvalue weighted by Crippen LogP contribution is 2.40. The van der Waals surface area contributed by atoms with Crippen LogP contribution in [-0.4, -0.2) is 32.2 Å². The van der Waals surface area contributed by atoms with E-state index in [1.165, 1.54) is 37.9 Å². The van der Waals surface area contributed by atoms with E-state index in [0.717, 1.165) is 42.7 Å². The zero-order valence-electron chi connectivity index (χ0n) is 14.3. The first-order valence-corrected chi connectivity index (χ1v) is 9.24. The molecule has 0 amide bonds. The van der Waals surface area contributed by atoms with E-state index in [9.17, 15) is 0 Å². The van der Waals surface area contributed by atoms with Crippen LogP contribution < -0.4 is 4.90 Å². The molecule has 4 rings (SSSR count). The van der Waals surface area contributed by atoms with Crippen molar-refractivity contribution in [1.82, 2.24) is 19.6 Å². The van der Waals surface area contributed by atoms with Gasteiger partial charge >= 0.3 is 0 Å². The molecule has 0 radical (unpaired) electrons. The fourth-order valence-corrected chi connectivity index (χ4v) is 4.63. The van der Waals surface area contributed by atoms with E-state index in [-0.39, 0.29) is 0 Å². The van der Waals surface area contributed by atoms with Gasteiger partial charge in [0, 0.05) is 24.3 Å². The molecule has 3 heterocycles. The summed E-state index contributed by atoms with van der Waals surface area (Å²) in [6.45, 7) is 5.78. The van der Waals surface area contributed by atoms with E-state index in [1.807, 2.05) is 4.52 Å². The Labute approximate surface area is 138 Å². The number of fused-ring (bicyclic) bond motifs is 2. The van der Waals surface area contributed by atoms with Crippen molar-refractivity contribution >= 4 is 11.6 Å². The van der Waals surface area contributed by atoms with E-state index < -0.39 is 0 Å². The summed E-state index contributed by atoms with van der Waals surface area (Å²) in [6, 6.07) is 2.92. The summed E-state index contributed by atoms with van der Waals surface area (Å²) in [5, 5.41) is 4.45. The van der Waals surface area contributed by atoms with Gasteiger partial charge in [-0.3, -0.25) is 0 Å². The third-order valence-corrected chi connectivity index (χ3v) is 5.82. The summed E-state index contributed by atoms with van der Waals surface area (Å²) in [6.07, 6.45) is 10.5. The minimum atomic E-state index is 0.664. The van der Waals surface area contributed by atoms with Crippen LogP contribution in [-0.2, 0) is 6.42 Å². The molecule has 2 aliphatic rings. The molecule has 1 aliphatic heterocycles. The summed E-state index contributed by atoms with van der Waals surface area (Å²) >= 11 is 0. The number of hydrogen-bond acceptors (Lipinski definition) is 4. The molecule has 23 heavy (non-hydrogen) atoms. The van der Waals surface area contributed by atoms with Crippen molar-refractivity contribution in [2.24, 2.45) is 11.8 Å². The Bertz CT molecular complexity index is 679. The molecule has 3 atom stereocenters. The van der Waals surface area contributed by atoms with E-state index in [1.54, 1.807) is 6.33 Å². The van der Waals surface area contributed by atoms with Gasteiger partial charge in [0.15, 0.2) is 0 Å². The summed E-state index contributed by atoms with van der Waals surface area (Å²) in [4.78, 5) is 11.6. The van der Waals surface area contributed by atoms with Crippen molar-refractivity contribution in [1.29, 1.82) is 0 Å². The van der Waals surface area contributed by atoms with Gasteiger partial charge in [-0.15, -0.1) is 0 Å². The maximum absolute atomic E-state index is 4.66. The number of aromatic nitrogens is 4. The molecule has 0 aromatic carbocycles. The van der Waals surface area contributed by atoms with Gasteiger partial charge < -0.3 is 4.90 Å². The van der Waals surface area contributed by atoms with Gasteiger partial charge in [-0.25, -0.2) is 4.98 Å². The second kappa shape index (κ2) is 6.10. The number of aryl methyl sites for hydroxylation is 1. The number of rotatable bonds is 3. The average Bonchev–Trinajstić information content (AvgIpc) is 3.04. The molecular formula is C18H27N5. The monoisotopic (exact) mass is 313 g/mol. The topological polar surface area (TPSA) is 46.3 Å². The zero-order valence-corrected chi connectivity index (χ0v) is 14.3. The second-order valence-electron chi connectivity index (χ2n) is 7.30. The minimum absolute atomic E-state index is 0.664. The van der Waals surface area contributed by atoms with Crippen LogP contribution in [0.3, 0.4) is 0 Å². The zero-order chi connectivity index (χ0) is 15.8. The molecule has 2 aromatic heterocycles. The quantitative estimate of drug-likeness (QED) is 0.870. The van der Waals surface area contributed by atoms with E-state index in [4.69, 9.17) is 0 Å². The van der Waals surface area contributed by atoms with Gasteiger partial charge in [0.2, 0.25) is 0 Å². The Morgan fingerprint density at radius 2 is 2.09 bits per heavy atom. The van der Waals surface area contributed by atoms with Gasteiger partial charge in [0.25, 0.3) is 5.78 Å². The largest absolute Gasteiger partial charge is 0.353 e. The lowest BCUT2D eigenvalue weighted by atomic mass is 9.72. The third kappa shape index (κ3) is 2.60. The molecule has 2 aromatic rings. The van der Waals surface area contributed by atoms with Gasteiger partial charge in [-0.05, 0) is 37.5 Å². The summed E-state index contributed by atoms with van der Waals surface area (Å²) in [7, 11) is 0. The van der Waals surface area contributed by atoms with Crippen LogP contribution in [0.2, 0.25) is 0 Å². The highest BCUT2D eigenvalue weighted by atomic mass is 15.4. The molecule has 0 spiro atoms. The molecule has 1 saturated carbocycles. The molecule has 1 saturated heterocycles. The van der Waals surface area contributed by atoms with Crippen molar-refractivity contribution in [2.45, 2.75) is 64.8 Å². The van der Waals surface area contributed by atoms with Crippen molar-refractivity contribution in [3.63, 3.8) is 0 Å². The van der Waals surface area contributed by atoms with Crippen LogP contribution >= 0.6 is 0 Å². The van der Waals surface area contributed by atoms with Crippen LogP contribution in [0.25, 0.3) is 5.78 Å². The van der Waals surface area contributed by atoms with Crippen LogP contribution in [0.5, 0.6) is 0 Å². The van der Waals surface area contributed by atoms with Crippen molar-refractivity contribution in [2.75, 3.05) is 11.4 Å². The van der Waals surface area contributed by atoms with Gasteiger partial charge in [-0.1, -0.05) is 33.1 Å². The van der Waals surface area contributed by atoms with Crippen LogP contribution in [0.1, 0.15) is 58.1 Å². The number of nitrogens with zero attached hydrogens (tertiary/aromatic N) is 5. The normalized spacial score (nSPS) is 28.1. The standard InChI is InChI=1S/C18H27N5/c1-3-6-14-11-17(23-18(21-14)19-12-20-23)22-10-9-13(2)15-7-4-5-8-16(15)22/h11-13,15-16H,3-10H2,1-2H3/t13-,15-,16-/m0/s1. The molecule has 0 unspecified atom stereocenters. The van der Waals surface area contributed by atoms with Crippen molar-refractivity contribution < 1.29 is 0 Å². The van der Waals surface area contributed by atoms with Gasteiger partial charge in [0.1, 0.15) is 12.1 Å². The smallest absolute Gasteiger partial charge is 0.254 e. The fraction of sp³-hybridized carbons (Fsp3) is 0.722. The first-order chi connectivity index (χ1) is 11.3. The summed E-state index contributed by atoms with van der Waals surface area (Å²) in [5.41, 5.74) is 1.15. The first kappa shape index (κ1) is 14.9. The van der Waals surface area contributed by atoms with Crippen LogP contribution in [0.15, 0.2) is 12.4 Å². The van der Waals surface area contributed by atoms with Crippen molar-refractivity contribution in [3.8, 4) is 0 Å². The number of anilines is 1. The van der Waals surface area contributed by atoms with E-state index >= 15 is 0 Å². The molecule has 5 nitrogen and oxygen atoms in total. The lowest BCUT2D eigenvalue weighted by molar-refractivity contribution is 0.176. The van der Waals surface area contributed by atoms with Crippen molar-refractivity contribution in [3.05, 3.63) is 18.1 Å². The lowest BCUT2D eigenvalue weighted by Gasteiger charge is -2.48. The van der Waals surface area contributed by atoms with E-state index in [0.29, 0.717) is 6.04 Å². The van der Waals surface area contributed by atoms with Crippen LogP contribution in [0, 0.1) is 11.8 Å². The summed E-state index contributed by atoms with van der Waals surface area (Å²) < 4.78 is 1.95. The highest BCUT2D eigenvalue weighted by molar-refractivity contribution is 5.49. The Morgan fingerprint density at radius 1 is 1.22 bits per heavy atom. The Morgan fingerprint density at radius 3 is 2.96 bits per heavy atom. The molecule has 1 aliphatic carbocycles. The maximum Gasteiger partial charge on any atom is 0.254 e. The molecule has 2 fully saturated rings. The average molecular weight is 313 g/mol. The van der Waals surface area contributed by atoms with E-state index in [2.05, 4.69) is 39.9 Å². The highest BCUT2D eigenvalue weighted by Gasteiger charge is 2.38. The predicted octanol–water partition coefficient (Wildman–Crippen LogP) is 3.48. The molecule has 0 bridgehead atoms. The maximum atomic E-state index is 4.66. The molecule has 124 valence electrons. The second-order valence-corrected chi connectivity index (χ2v) is 7.30. The summed E-state index contributed by atoms with van der Waals surface area (Å²) in [5.74, 6) is 3.63.